The van der Waals surface area contributed by atoms with E-state index >= 15 is 0 Å². The van der Waals surface area contributed by atoms with Crippen LogP contribution in [0.1, 0.15) is 11.1 Å². The van der Waals surface area contributed by atoms with Gasteiger partial charge in [-0.05, 0) is 82.2 Å². The molecule has 10 heteroatoms. The average molecular weight is 895 g/mol. The average Bonchev–Trinajstić information content (AvgIpc) is 3.29. The summed E-state index contributed by atoms with van der Waals surface area (Å²) in [5.41, 5.74) is 10.7. The van der Waals surface area contributed by atoms with Crippen molar-refractivity contribution in [3.8, 4) is 57.1 Å². The Kier molecular flexibility index (Phi) is 18.3. The van der Waals surface area contributed by atoms with Crippen LogP contribution in [0.5, 0.6) is 23.0 Å². The molecule has 0 bridgehead atoms. The van der Waals surface area contributed by atoms with Crippen LogP contribution in [-0.2, 0) is 18.9 Å². The second kappa shape index (κ2) is 24.5. The van der Waals surface area contributed by atoms with E-state index in [0.29, 0.717) is 79.3 Å². The second-order valence-electron chi connectivity index (χ2n) is 17.2. The maximum Gasteiger partial charge on any atom is 0.129 e. The van der Waals surface area contributed by atoms with E-state index in [1.165, 1.54) is 0 Å². The van der Waals surface area contributed by atoms with Gasteiger partial charge in [-0.15, -0.1) is 11.1 Å². The van der Waals surface area contributed by atoms with Gasteiger partial charge in [0.05, 0.1) is 52.9 Å². The van der Waals surface area contributed by atoms with Gasteiger partial charge in [-0.1, -0.05) is 112 Å². The molecule has 0 aliphatic rings. The summed E-state index contributed by atoms with van der Waals surface area (Å²) in [6.45, 7) is 18.7. The third-order valence-electron chi connectivity index (χ3n) is 9.61. The van der Waals surface area contributed by atoms with E-state index in [0.717, 1.165) is 66.8 Å². The smallest absolute Gasteiger partial charge is 0.129 e. The molecule has 0 aliphatic heterocycles. The van der Waals surface area contributed by atoms with Gasteiger partial charge in [-0.3, -0.25) is 0 Å². The molecule has 0 unspecified atom stereocenters. The molecule has 0 aromatic heterocycles. The Labute approximate surface area is 382 Å². The second-order valence-corrected chi connectivity index (χ2v) is 26.7. The Bertz CT molecular complexity index is 2330. The molecule has 6 aromatic rings. The maximum absolute atomic E-state index is 6.49. The van der Waals surface area contributed by atoms with Gasteiger partial charge >= 0.3 is 0 Å². The fraction of sp³-hybridized carbons (Fsp3) is 0.333. The molecule has 0 fully saturated rings. The number of hydrogen-bond donors (Lipinski definition) is 0. The van der Waals surface area contributed by atoms with E-state index in [4.69, 9.17) is 37.9 Å². The molecule has 0 atom stereocenters. The van der Waals surface area contributed by atoms with Gasteiger partial charge < -0.3 is 37.9 Å². The normalized spacial score (nSPS) is 11.4. The number of benzene rings is 6. The van der Waals surface area contributed by atoms with Gasteiger partial charge in [0, 0.05) is 22.3 Å². The lowest BCUT2D eigenvalue weighted by atomic mass is 9.92. The Morgan fingerprint density at radius 3 is 1.03 bits per heavy atom. The lowest BCUT2D eigenvalue weighted by Crippen LogP contribution is -2.16. The monoisotopic (exact) mass is 894 g/mol. The molecule has 0 N–H and O–H groups in total. The molecule has 6 rings (SSSR count). The van der Waals surface area contributed by atoms with Crippen LogP contribution in [0.15, 0.2) is 121 Å². The Hall–Kier alpha value is -5.57. The fourth-order valence-corrected chi connectivity index (χ4v) is 7.59. The number of fused-ring (bicyclic) bond motifs is 2. The predicted molar refractivity (Wildman–Crippen MR) is 265 cm³/mol. The quantitative estimate of drug-likeness (QED) is 0.0358. The van der Waals surface area contributed by atoms with Crippen LogP contribution >= 0.6 is 0 Å². The van der Waals surface area contributed by atoms with Gasteiger partial charge in [-0.2, -0.15) is 0 Å². The first kappa shape index (κ1) is 47.9. The molecular weight excluding hydrogens is 833 g/mol. The summed E-state index contributed by atoms with van der Waals surface area (Å²) < 4.78 is 48.0. The van der Waals surface area contributed by atoms with Crippen LogP contribution in [0, 0.1) is 22.9 Å². The zero-order valence-electron chi connectivity index (χ0n) is 38.3. The van der Waals surface area contributed by atoms with Crippen molar-refractivity contribution < 1.29 is 37.9 Å². The highest BCUT2D eigenvalue weighted by molar-refractivity contribution is 6.84. The standard InChI is InChI=1S/C54H62O8Si2/c1-63(2,3)41-27-43-15-21-47(22-16-43)59-37-33-55-29-31-57-35-39-61-51-25-19-45-11-7-9-13-49(45)53(51)54-50-14-10-8-12-46(50)20-26-52(54)62-40-36-58-32-30-56-34-38-60-48-23-17-44(18-24-48)28-42-64(4,5)6/h7-26H,29-40H2,1-6H3. The summed E-state index contributed by atoms with van der Waals surface area (Å²) in [5.74, 6) is 9.66. The Balaban J connectivity index is 0.949. The van der Waals surface area contributed by atoms with Crippen molar-refractivity contribution in [3.63, 3.8) is 0 Å². The third kappa shape index (κ3) is 15.9. The van der Waals surface area contributed by atoms with E-state index in [1.54, 1.807) is 0 Å². The van der Waals surface area contributed by atoms with E-state index in [9.17, 15) is 0 Å². The highest BCUT2D eigenvalue weighted by Gasteiger charge is 2.19. The molecular formula is C54H62O8Si2. The number of rotatable bonds is 23. The first-order valence-corrected chi connectivity index (χ1v) is 29.1. The molecule has 8 nitrogen and oxygen atoms in total. The summed E-state index contributed by atoms with van der Waals surface area (Å²) in [4.78, 5) is 0. The minimum absolute atomic E-state index is 0.372. The zero-order chi connectivity index (χ0) is 45.0. The molecule has 6 aromatic carbocycles. The third-order valence-corrected chi connectivity index (χ3v) is 11.4. The molecule has 0 heterocycles. The molecule has 0 spiro atoms. The molecule has 0 radical (unpaired) electrons. The topological polar surface area (TPSA) is 73.8 Å². The maximum atomic E-state index is 6.49. The van der Waals surface area contributed by atoms with Crippen molar-refractivity contribution in [2.75, 3.05) is 79.3 Å². The highest BCUT2D eigenvalue weighted by Crippen LogP contribution is 2.45. The van der Waals surface area contributed by atoms with Crippen molar-refractivity contribution in [3.05, 3.63) is 132 Å². The summed E-state index contributed by atoms with van der Waals surface area (Å²) >= 11 is 0. The molecule has 0 aliphatic carbocycles. The van der Waals surface area contributed by atoms with Crippen LogP contribution < -0.4 is 18.9 Å². The van der Waals surface area contributed by atoms with Gasteiger partial charge in [0.2, 0.25) is 0 Å². The van der Waals surface area contributed by atoms with Gasteiger partial charge in [0.25, 0.3) is 0 Å². The van der Waals surface area contributed by atoms with Crippen LogP contribution in [-0.4, -0.2) is 95.4 Å². The lowest BCUT2D eigenvalue weighted by molar-refractivity contribution is 0.0272. The number of hydrogen-bond acceptors (Lipinski definition) is 8. The number of ether oxygens (including phenoxy) is 8. The van der Waals surface area contributed by atoms with E-state index < -0.39 is 16.1 Å². The van der Waals surface area contributed by atoms with Crippen LogP contribution in [0.4, 0.5) is 0 Å². The van der Waals surface area contributed by atoms with E-state index in [-0.39, 0.29) is 0 Å². The summed E-state index contributed by atoms with van der Waals surface area (Å²) in [5, 5.41) is 4.37. The molecule has 64 heavy (non-hydrogen) atoms. The van der Waals surface area contributed by atoms with Gasteiger partial charge in [0.1, 0.15) is 65.6 Å². The van der Waals surface area contributed by atoms with Gasteiger partial charge in [-0.25, -0.2) is 0 Å². The first-order chi connectivity index (χ1) is 31.0. The van der Waals surface area contributed by atoms with Crippen molar-refractivity contribution in [1.29, 1.82) is 0 Å². The fourth-order valence-electron chi connectivity index (χ4n) is 6.55. The molecule has 0 saturated heterocycles. The van der Waals surface area contributed by atoms with Crippen molar-refractivity contribution in [1.82, 2.24) is 0 Å². The molecule has 0 amide bonds. The minimum atomic E-state index is -1.41. The first-order valence-electron chi connectivity index (χ1n) is 22.1. The van der Waals surface area contributed by atoms with Crippen molar-refractivity contribution in [2.24, 2.45) is 0 Å². The van der Waals surface area contributed by atoms with Gasteiger partial charge in [0.15, 0.2) is 0 Å². The predicted octanol–water partition coefficient (Wildman–Crippen LogP) is 11.1. The lowest BCUT2D eigenvalue weighted by Gasteiger charge is -2.20. The SMILES string of the molecule is C[Si](C)(C)C#Cc1ccc(OCCOCCOCCOc2ccc3ccccc3c2-c2c(OCCOCCOCCOc3ccc(C#C[Si](C)(C)C)cc3)ccc3ccccc23)cc1. The zero-order valence-corrected chi connectivity index (χ0v) is 40.3. The Morgan fingerprint density at radius 2 is 0.672 bits per heavy atom. The molecule has 334 valence electrons. The largest absolute Gasteiger partial charge is 0.491 e. The van der Waals surface area contributed by atoms with Crippen molar-refractivity contribution >= 4 is 37.7 Å². The summed E-state index contributed by atoms with van der Waals surface area (Å²) in [6, 6.07) is 40.8. The Morgan fingerprint density at radius 1 is 0.344 bits per heavy atom. The van der Waals surface area contributed by atoms with E-state index in [2.05, 4.69) is 123 Å². The van der Waals surface area contributed by atoms with Crippen LogP contribution in [0.2, 0.25) is 39.3 Å². The molecule has 0 saturated carbocycles. The summed E-state index contributed by atoms with van der Waals surface area (Å²) in [6.07, 6.45) is 0. The van der Waals surface area contributed by atoms with E-state index in [1.807, 2.05) is 60.7 Å². The highest BCUT2D eigenvalue weighted by atomic mass is 28.3. The minimum Gasteiger partial charge on any atom is -0.491 e. The van der Waals surface area contributed by atoms with Crippen molar-refractivity contribution in [2.45, 2.75) is 39.3 Å². The summed E-state index contributed by atoms with van der Waals surface area (Å²) in [7, 11) is -2.82. The van der Waals surface area contributed by atoms with Crippen LogP contribution in [0.3, 0.4) is 0 Å². The van der Waals surface area contributed by atoms with Crippen LogP contribution in [0.25, 0.3) is 32.7 Å².